The Bertz CT molecular complexity index is 539. The van der Waals surface area contributed by atoms with Gasteiger partial charge in [-0.1, -0.05) is 6.07 Å². The molecule has 3 aliphatic heterocycles. The topological polar surface area (TPSA) is 40.2 Å². The Morgan fingerprint density at radius 2 is 2.14 bits per heavy atom. The largest absolute Gasteiger partial charge is 0.454 e. The Labute approximate surface area is 131 Å². The summed E-state index contributed by atoms with van der Waals surface area (Å²) in [5, 5.41) is 0. The van der Waals surface area contributed by atoms with Crippen LogP contribution in [0.25, 0.3) is 0 Å². The van der Waals surface area contributed by atoms with Crippen molar-refractivity contribution in [1.29, 1.82) is 0 Å². The van der Waals surface area contributed by atoms with Crippen LogP contribution in [0.2, 0.25) is 0 Å². The van der Waals surface area contributed by atoms with Crippen LogP contribution >= 0.6 is 0 Å². The summed E-state index contributed by atoms with van der Waals surface area (Å²) >= 11 is 0. The zero-order chi connectivity index (χ0) is 15.0. The number of nitrogens with zero attached hydrogens (tertiary/aromatic N) is 1. The van der Waals surface area contributed by atoms with Crippen molar-refractivity contribution in [1.82, 2.24) is 4.90 Å². The first-order valence-corrected chi connectivity index (χ1v) is 8.13. The number of rotatable bonds is 4. The van der Waals surface area contributed by atoms with Gasteiger partial charge < -0.3 is 18.9 Å². The van der Waals surface area contributed by atoms with Gasteiger partial charge in [-0.3, -0.25) is 4.90 Å². The zero-order valence-electron chi connectivity index (χ0n) is 13.0. The average molecular weight is 305 g/mol. The molecule has 1 aromatic rings. The number of likely N-dealkylation sites (tertiary alicyclic amines) is 1. The van der Waals surface area contributed by atoms with Gasteiger partial charge in [0, 0.05) is 39.3 Å². The van der Waals surface area contributed by atoms with Crippen LogP contribution in [0.15, 0.2) is 18.2 Å². The number of benzene rings is 1. The van der Waals surface area contributed by atoms with E-state index in [4.69, 9.17) is 18.9 Å². The molecule has 120 valence electrons. The quantitative estimate of drug-likeness (QED) is 0.853. The van der Waals surface area contributed by atoms with E-state index in [-0.39, 0.29) is 5.60 Å². The molecular formula is C17H23NO4. The monoisotopic (exact) mass is 305 g/mol. The molecule has 1 spiro atoms. The third kappa shape index (κ3) is 2.69. The van der Waals surface area contributed by atoms with Crippen LogP contribution in [0.3, 0.4) is 0 Å². The Morgan fingerprint density at radius 3 is 3.00 bits per heavy atom. The zero-order valence-corrected chi connectivity index (χ0v) is 13.0. The van der Waals surface area contributed by atoms with Crippen LogP contribution in [0.5, 0.6) is 11.5 Å². The summed E-state index contributed by atoms with van der Waals surface area (Å²) in [6.45, 7) is 6.92. The van der Waals surface area contributed by atoms with Gasteiger partial charge in [-0.05, 0) is 31.0 Å². The van der Waals surface area contributed by atoms with Crippen molar-refractivity contribution in [2.24, 2.45) is 0 Å². The third-order valence-corrected chi connectivity index (χ3v) is 4.72. The second-order valence-corrected chi connectivity index (χ2v) is 6.43. The van der Waals surface area contributed by atoms with E-state index in [1.165, 1.54) is 5.56 Å². The van der Waals surface area contributed by atoms with Crippen LogP contribution in [0, 0.1) is 0 Å². The first kappa shape index (κ1) is 14.3. The molecule has 22 heavy (non-hydrogen) atoms. The maximum absolute atomic E-state index is 6.05. The van der Waals surface area contributed by atoms with Gasteiger partial charge in [-0.2, -0.15) is 0 Å². The normalized spacial score (nSPS) is 26.1. The number of ether oxygens (including phenoxy) is 4. The molecule has 2 fully saturated rings. The Hall–Kier alpha value is -1.30. The van der Waals surface area contributed by atoms with Gasteiger partial charge in [0.1, 0.15) is 0 Å². The molecule has 5 nitrogen and oxygen atoms in total. The average Bonchev–Trinajstić information content (AvgIpc) is 2.94. The number of fused-ring (bicyclic) bond motifs is 1. The molecular weight excluding hydrogens is 282 g/mol. The summed E-state index contributed by atoms with van der Waals surface area (Å²) in [6.07, 6.45) is 2.42. The van der Waals surface area contributed by atoms with Crippen molar-refractivity contribution in [3.63, 3.8) is 0 Å². The minimum atomic E-state index is 0.0222. The van der Waals surface area contributed by atoms with Gasteiger partial charge in [0.25, 0.3) is 0 Å². The van der Waals surface area contributed by atoms with Crippen LogP contribution in [-0.4, -0.2) is 49.7 Å². The lowest BCUT2D eigenvalue weighted by molar-refractivity contribution is -0.198. The third-order valence-electron chi connectivity index (χ3n) is 4.72. The van der Waals surface area contributed by atoms with Crippen LogP contribution in [0.4, 0.5) is 0 Å². The smallest absolute Gasteiger partial charge is 0.231 e. The second kappa shape index (κ2) is 5.72. The van der Waals surface area contributed by atoms with E-state index < -0.39 is 0 Å². The Morgan fingerprint density at radius 1 is 1.27 bits per heavy atom. The van der Waals surface area contributed by atoms with Crippen molar-refractivity contribution < 1.29 is 18.9 Å². The lowest BCUT2D eigenvalue weighted by Gasteiger charge is -2.53. The molecule has 0 N–H and O–H groups in total. The van der Waals surface area contributed by atoms with Crippen LogP contribution in [-0.2, 0) is 16.0 Å². The SMILES string of the molecule is CCO[C@H]1CCOC2(C1)CN(Cc1ccc3c(c1)OCO3)C2. The van der Waals surface area contributed by atoms with E-state index in [0.29, 0.717) is 12.9 Å². The number of hydrogen-bond donors (Lipinski definition) is 0. The minimum Gasteiger partial charge on any atom is -0.454 e. The van der Waals surface area contributed by atoms with Crippen molar-refractivity contribution in [3.8, 4) is 11.5 Å². The lowest BCUT2D eigenvalue weighted by atomic mass is 9.84. The molecule has 0 aliphatic carbocycles. The Kier molecular flexibility index (Phi) is 3.72. The van der Waals surface area contributed by atoms with Crippen molar-refractivity contribution >= 4 is 0 Å². The van der Waals surface area contributed by atoms with E-state index in [9.17, 15) is 0 Å². The highest BCUT2D eigenvalue weighted by Gasteiger charge is 2.47. The van der Waals surface area contributed by atoms with Crippen LogP contribution in [0.1, 0.15) is 25.3 Å². The molecule has 1 aromatic carbocycles. The predicted octanol–water partition coefficient (Wildman–Crippen LogP) is 2.19. The summed E-state index contributed by atoms with van der Waals surface area (Å²) in [7, 11) is 0. The molecule has 3 aliphatic rings. The van der Waals surface area contributed by atoms with Gasteiger partial charge in [0.05, 0.1) is 11.7 Å². The van der Waals surface area contributed by atoms with Crippen molar-refractivity contribution in [2.75, 3.05) is 33.1 Å². The Balaban J connectivity index is 1.33. The maximum Gasteiger partial charge on any atom is 0.231 e. The van der Waals surface area contributed by atoms with Crippen LogP contribution < -0.4 is 9.47 Å². The molecule has 3 heterocycles. The highest BCUT2D eigenvalue weighted by atomic mass is 16.7. The van der Waals surface area contributed by atoms with Gasteiger partial charge in [-0.15, -0.1) is 0 Å². The van der Waals surface area contributed by atoms with Crippen molar-refractivity contribution in [3.05, 3.63) is 23.8 Å². The summed E-state index contributed by atoms with van der Waals surface area (Å²) in [5.74, 6) is 1.71. The summed E-state index contributed by atoms with van der Waals surface area (Å²) < 4.78 is 22.6. The summed E-state index contributed by atoms with van der Waals surface area (Å²) in [5.41, 5.74) is 1.28. The molecule has 0 saturated carbocycles. The molecule has 5 heteroatoms. The van der Waals surface area contributed by atoms with Gasteiger partial charge >= 0.3 is 0 Å². The number of hydrogen-bond acceptors (Lipinski definition) is 5. The molecule has 0 aromatic heterocycles. The predicted molar refractivity (Wildman–Crippen MR) is 81.2 cm³/mol. The molecule has 0 radical (unpaired) electrons. The fourth-order valence-corrected chi connectivity index (χ4v) is 3.76. The molecule has 0 bridgehead atoms. The fourth-order valence-electron chi connectivity index (χ4n) is 3.76. The lowest BCUT2D eigenvalue weighted by Crippen LogP contribution is -2.65. The summed E-state index contributed by atoms with van der Waals surface area (Å²) in [6, 6.07) is 6.19. The molecule has 0 amide bonds. The summed E-state index contributed by atoms with van der Waals surface area (Å²) in [4.78, 5) is 2.42. The first-order chi connectivity index (χ1) is 10.8. The molecule has 4 rings (SSSR count). The molecule has 0 unspecified atom stereocenters. The fraction of sp³-hybridized carbons (Fsp3) is 0.647. The first-order valence-electron chi connectivity index (χ1n) is 8.13. The van der Waals surface area contributed by atoms with E-state index in [0.717, 1.165) is 57.2 Å². The maximum atomic E-state index is 6.05. The van der Waals surface area contributed by atoms with E-state index in [1.807, 2.05) is 6.07 Å². The molecule has 1 atom stereocenters. The minimum absolute atomic E-state index is 0.0222. The second-order valence-electron chi connectivity index (χ2n) is 6.43. The van der Waals surface area contributed by atoms with E-state index in [2.05, 4.69) is 24.0 Å². The molecule has 2 saturated heterocycles. The van der Waals surface area contributed by atoms with Gasteiger partial charge in [0.15, 0.2) is 11.5 Å². The highest BCUT2D eigenvalue weighted by Crippen LogP contribution is 2.37. The van der Waals surface area contributed by atoms with Crippen molar-refractivity contribution in [2.45, 2.75) is 38.0 Å². The van der Waals surface area contributed by atoms with E-state index >= 15 is 0 Å². The standard InChI is InChI=1S/C17H23NO4/c1-2-19-14-5-6-22-17(8-14)10-18(11-17)9-13-3-4-15-16(7-13)21-12-20-15/h3-4,7,14H,2,5-6,8-12H2,1H3/t14-/m0/s1. The van der Waals surface area contributed by atoms with E-state index in [1.54, 1.807) is 0 Å². The van der Waals surface area contributed by atoms with Gasteiger partial charge in [0.2, 0.25) is 6.79 Å². The highest BCUT2D eigenvalue weighted by molar-refractivity contribution is 5.44. The van der Waals surface area contributed by atoms with Gasteiger partial charge in [-0.25, -0.2) is 0 Å².